The van der Waals surface area contributed by atoms with Crippen molar-refractivity contribution in [2.75, 3.05) is 39.4 Å². The highest BCUT2D eigenvalue weighted by Crippen LogP contribution is 2.32. The summed E-state index contributed by atoms with van der Waals surface area (Å²) in [6.07, 6.45) is 1.74. The number of hydrogen-bond donors (Lipinski definition) is 1. The molecule has 3 aromatic carbocycles. The molecule has 2 saturated heterocycles. The molecule has 5 nitrogen and oxygen atoms in total. The fourth-order valence-corrected chi connectivity index (χ4v) is 4.79. The Bertz CT molecular complexity index is 1330. The molecule has 2 fully saturated rings. The van der Waals surface area contributed by atoms with E-state index in [4.69, 9.17) is 4.74 Å². The molecule has 2 aliphatic rings. The largest absolute Gasteiger partial charge is 0.379 e. The minimum atomic E-state index is -0.0243. The summed E-state index contributed by atoms with van der Waals surface area (Å²) in [5, 5.41) is 4.00. The van der Waals surface area contributed by atoms with Gasteiger partial charge in [0.25, 0.3) is 5.56 Å². The van der Waals surface area contributed by atoms with Gasteiger partial charge in [-0.3, -0.25) is 14.6 Å². The Hall–Kier alpha value is -2.99. The molecule has 0 bridgehead atoms. The topological polar surface area (TPSA) is 48.3 Å². The van der Waals surface area contributed by atoms with E-state index in [1.165, 1.54) is 22.1 Å². The number of fused-ring (bicyclic) bond motifs is 3. The van der Waals surface area contributed by atoms with E-state index in [9.17, 15) is 4.79 Å². The molecule has 1 N–H and O–H groups in total. The van der Waals surface area contributed by atoms with Crippen molar-refractivity contribution < 1.29 is 4.74 Å². The Morgan fingerprint density at radius 1 is 0.781 bits per heavy atom. The van der Waals surface area contributed by atoms with Gasteiger partial charge in [0.2, 0.25) is 0 Å². The maximum atomic E-state index is 12.7. The van der Waals surface area contributed by atoms with Crippen LogP contribution in [-0.2, 0) is 17.8 Å². The van der Waals surface area contributed by atoms with E-state index in [2.05, 4.69) is 63.3 Å². The summed E-state index contributed by atoms with van der Waals surface area (Å²) in [4.78, 5) is 20.5. The normalized spacial score (nSPS) is 17.2. The number of aromatic amines is 1. The van der Waals surface area contributed by atoms with Crippen molar-refractivity contribution in [2.24, 2.45) is 0 Å². The number of hydrogen-bond acceptors (Lipinski definition) is 4. The first-order chi connectivity index (χ1) is 15.7. The van der Waals surface area contributed by atoms with Crippen LogP contribution in [0, 0.1) is 0 Å². The maximum absolute atomic E-state index is 12.7. The van der Waals surface area contributed by atoms with Crippen LogP contribution in [0.5, 0.6) is 0 Å². The fourth-order valence-electron chi connectivity index (χ4n) is 4.79. The van der Waals surface area contributed by atoms with E-state index in [1.54, 1.807) is 6.20 Å². The number of pyridine rings is 1. The molecule has 3 heterocycles. The van der Waals surface area contributed by atoms with E-state index in [-0.39, 0.29) is 5.56 Å². The van der Waals surface area contributed by atoms with Crippen LogP contribution in [0.1, 0.15) is 11.1 Å². The summed E-state index contributed by atoms with van der Waals surface area (Å²) in [5.41, 5.74) is 4.91. The highest BCUT2D eigenvalue weighted by Gasteiger charge is 2.20. The second kappa shape index (κ2) is 8.17. The van der Waals surface area contributed by atoms with E-state index in [0.717, 1.165) is 74.2 Å². The minimum Gasteiger partial charge on any atom is -0.379 e. The van der Waals surface area contributed by atoms with Gasteiger partial charge in [-0.15, -0.1) is 0 Å². The first kappa shape index (κ1) is 19.7. The molecule has 0 atom stereocenters. The Morgan fingerprint density at radius 3 is 2.31 bits per heavy atom. The van der Waals surface area contributed by atoms with Crippen LogP contribution >= 0.6 is 0 Å². The molecule has 0 aliphatic carbocycles. The summed E-state index contributed by atoms with van der Waals surface area (Å²) in [6, 6.07) is 19.6. The molecular weight excluding hydrogens is 398 g/mol. The molecule has 0 unspecified atom stereocenters. The van der Waals surface area contributed by atoms with Crippen LogP contribution in [0.25, 0.3) is 32.7 Å². The number of nitrogens with zero attached hydrogens (tertiary/aromatic N) is 2. The first-order valence-electron chi connectivity index (χ1n) is 11.4. The minimum absolute atomic E-state index is 0.0243. The molecule has 32 heavy (non-hydrogen) atoms. The summed E-state index contributed by atoms with van der Waals surface area (Å²) >= 11 is 0. The lowest BCUT2D eigenvalue weighted by Gasteiger charge is -2.26. The van der Waals surface area contributed by atoms with Crippen LogP contribution < -0.4 is 5.56 Å². The first-order valence-corrected chi connectivity index (χ1v) is 11.4. The van der Waals surface area contributed by atoms with Gasteiger partial charge < -0.3 is 9.72 Å². The lowest BCUT2D eigenvalue weighted by atomic mass is 9.94. The van der Waals surface area contributed by atoms with Gasteiger partial charge in [0, 0.05) is 45.5 Å². The van der Waals surface area contributed by atoms with Crippen LogP contribution in [-0.4, -0.2) is 54.2 Å². The second-order valence-corrected chi connectivity index (χ2v) is 8.93. The molecule has 4 aromatic rings. The molecule has 2 aliphatic heterocycles. The number of ether oxygens (including phenoxy) is 1. The van der Waals surface area contributed by atoms with Crippen LogP contribution in [0.3, 0.4) is 0 Å². The Morgan fingerprint density at radius 2 is 1.53 bits per heavy atom. The number of nitrogens with one attached hydrogen (secondary N) is 1. The second-order valence-electron chi connectivity index (χ2n) is 8.93. The molecule has 0 saturated carbocycles. The molecular formula is C27H27N3O2. The van der Waals surface area contributed by atoms with Gasteiger partial charge in [-0.05, 0) is 56.6 Å². The Labute approximate surface area is 187 Å². The summed E-state index contributed by atoms with van der Waals surface area (Å²) in [5.74, 6) is 0. The summed E-state index contributed by atoms with van der Waals surface area (Å²) in [7, 11) is 0. The number of aromatic nitrogens is 1. The highest BCUT2D eigenvalue weighted by molar-refractivity contribution is 6.09. The lowest BCUT2D eigenvalue weighted by Crippen LogP contribution is -2.35. The smallest absolute Gasteiger partial charge is 0.256 e. The van der Waals surface area contributed by atoms with Crippen molar-refractivity contribution in [3.05, 3.63) is 82.3 Å². The molecule has 5 heteroatoms. The summed E-state index contributed by atoms with van der Waals surface area (Å²) in [6.45, 7) is 7.84. The molecule has 0 radical (unpaired) electrons. The predicted molar refractivity (Wildman–Crippen MR) is 129 cm³/mol. The van der Waals surface area contributed by atoms with Crippen molar-refractivity contribution in [3.8, 4) is 11.1 Å². The zero-order valence-corrected chi connectivity index (χ0v) is 18.1. The zero-order valence-electron chi connectivity index (χ0n) is 18.1. The van der Waals surface area contributed by atoms with Crippen molar-refractivity contribution >= 4 is 21.5 Å². The monoisotopic (exact) mass is 425 g/mol. The SMILES string of the molecule is O=c1[nH]ccc2cc(CN3CC3)c3ccc(-c4ccc(CN5CCOCC5)cc4)cc3c12. The number of benzene rings is 3. The van der Waals surface area contributed by atoms with Gasteiger partial charge in [0.1, 0.15) is 0 Å². The standard InChI is InChI=1S/C27H27N3O2/c31-27-26-22(7-8-28-27)15-23(18-29-9-10-29)24-6-5-21(16-25(24)26)20-3-1-19(2-4-20)17-30-11-13-32-14-12-30/h1-8,15-16H,9-14,17-18H2,(H,28,31). The molecule has 162 valence electrons. The zero-order chi connectivity index (χ0) is 21.5. The van der Waals surface area contributed by atoms with Gasteiger partial charge in [-0.25, -0.2) is 0 Å². The van der Waals surface area contributed by atoms with Gasteiger partial charge in [0.05, 0.1) is 18.6 Å². The average Bonchev–Trinajstić information content (AvgIpc) is 3.64. The van der Waals surface area contributed by atoms with Crippen molar-refractivity contribution in [1.82, 2.24) is 14.8 Å². The van der Waals surface area contributed by atoms with E-state index in [0.29, 0.717) is 0 Å². The summed E-state index contributed by atoms with van der Waals surface area (Å²) < 4.78 is 5.45. The maximum Gasteiger partial charge on any atom is 0.256 e. The van der Waals surface area contributed by atoms with Crippen LogP contribution in [0.4, 0.5) is 0 Å². The number of H-pyrrole nitrogens is 1. The Balaban J connectivity index is 1.39. The van der Waals surface area contributed by atoms with Gasteiger partial charge >= 0.3 is 0 Å². The van der Waals surface area contributed by atoms with Crippen molar-refractivity contribution in [1.29, 1.82) is 0 Å². The van der Waals surface area contributed by atoms with E-state index < -0.39 is 0 Å². The van der Waals surface area contributed by atoms with Gasteiger partial charge in [-0.2, -0.15) is 0 Å². The van der Waals surface area contributed by atoms with Crippen molar-refractivity contribution in [3.63, 3.8) is 0 Å². The molecule has 1 aromatic heterocycles. The third kappa shape index (κ3) is 3.84. The third-order valence-electron chi connectivity index (χ3n) is 6.69. The van der Waals surface area contributed by atoms with E-state index in [1.807, 2.05) is 6.07 Å². The van der Waals surface area contributed by atoms with E-state index >= 15 is 0 Å². The highest BCUT2D eigenvalue weighted by atomic mass is 16.5. The third-order valence-corrected chi connectivity index (χ3v) is 6.69. The van der Waals surface area contributed by atoms with Gasteiger partial charge in [0.15, 0.2) is 0 Å². The Kier molecular flexibility index (Phi) is 5.02. The lowest BCUT2D eigenvalue weighted by molar-refractivity contribution is 0.0342. The van der Waals surface area contributed by atoms with Gasteiger partial charge in [-0.1, -0.05) is 36.4 Å². The molecule has 0 spiro atoms. The van der Waals surface area contributed by atoms with Crippen LogP contribution in [0.2, 0.25) is 0 Å². The van der Waals surface area contributed by atoms with Crippen molar-refractivity contribution in [2.45, 2.75) is 13.1 Å². The molecule has 6 rings (SSSR count). The number of morpholine rings is 1. The quantitative estimate of drug-likeness (QED) is 0.388. The predicted octanol–water partition coefficient (Wildman–Crippen LogP) is 4.00. The fraction of sp³-hybridized carbons (Fsp3) is 0.296. The average molecular weight is 426 g/mol. The molecule has 0 amide bonds. The van der Waals surface area contributed by atoms with Crippen LogP contribution in [0.15, 0.2) is 65.6 Å². The number of rotatable bonds is 5.